The SMILES string of the molecule is Cc1ccc(N)c(Sc2nc(C)c(C)o2)c1. The number of nitrogen functional groups attached to an aromatic ring is 1. The number of anilines is 1. The standard InChI is InChI=1S/C12H14N2OS/c1-7-4-5-10(13)11(6-7)16-12-14-8(2)9(3)15-12/h4-6H,13H2,1-3H3. The summed E-state index contributed by atoms with van der Waals surface area (Å²) in [6.07, 6.45) is 0. The summed E-state index contributed by atoms with van der Waals surface area (Å²) < 4.78 is 5.51. The summed E-state index contributed by atoms with van der Waals surface area (Å²) in [7, 11) is 0. The van der Waals surface area contributed by atoms with E-state index in [4.69, 9.17) is 10.2 Å². The second kappa shape index (κ2) is 4.22. The third kappa shape index (κ3) is 2.22. The first-order valence-electron chi connectivity index (χ1n) is 5.04. The summed E-state index contributed by atoms with van der Waals surface area (Å²) in [4.78, 5) is 5.30. The molecule has 1 aromatic heterocycles. The Morgan fingerprint density at radius 3 is 2.62 bits per heavy atom. The number of benzene rings is 1. The Balaban J connectivity index is 2.29. The molecule has 3 nitrogen and oxygen atoms in total. The molecule has 0 aliphatic carbocycles. The van der Waals surface area contributed by atoms with Crippen molar-refractivity contribution in [2.45, 2.75) is 30.9 Å². The Morgan fingerprint density at radius 2 is 2.00 bits per heavy atom. The number of hydrogen-bond donors (Lipinski definition) is 1. The van der Waals surface area contributed by atoms with Gasteiger partial charge >= 0.3 is 0 Å². The molecule has 2 rings (SSSR count). The minimum Gasteiger partial charge on any atom is -0.436 e. The number of aryl methyl sites for hydroxylation is 3. The fraction of sp³-hybridized carbons (Fsp3) is 0.250. The molecule has 84 valence electrons. The van der Waals surface area contributed by atoms with Crippen molar-refractivity contribution in [3.8, 4) is 0 Å². The van der Waals surface area contributed by atoms with Crippen LogP contribution in [0.1, 0.15) is 17.0 Å². The van der Waals surface area contributed by atoms with Gasteiger partial charge in [0, 0.05) is 10.6 Å². The molecule has 2 aromatic rings. The second-order valence-corrected chi connectivity index (χ2v) is 4.76. The molecule has 0 saturated heterocycles. The molecule has 16 heavy (non-hydrogen) atoms. The van der Waals surface area contributed by atoms with E-state index in [1.54, 1.807) is 0 Å². The lowest BCUT2D eigenvalue weighted by Gasteiger charge is -2.03. The van der Waals surface area contributed by atoms with E-state index < -0.39 is 0 Å². The van der Waals surface area contributed by atoms with Gasteiger partial charge in [0.25, 0.3) is 5.22 Å². The predicted molar refractivity (Wildman–Crippen MR) is 65.7 cm³/mol. The van der Waals surface area contributed by atoms with E-state index in [9.17, 15) is 0 Å². The van der Waals surface area contributed by atoms with Crippen LogP contribution in [-0.4, -0.2) is 4.98 Å². The van der Waals surface area contributed by atoms with Gasteiger partial charge in [-0.2, -0.15) is 0 Å². The van der Waals surface area contributed by atoms with Gasteiger partial charge in [0.05, 0.1) is 5.69 Å². The molecule has 0 amide bonds. The smallest absolute Gasteiger partial charge is 0.261 e. The van der Waals surface area contributed by atoms with Gasteiger partial charge in [0.2, 0.25) is 0 Å². The first kappa shape index (κ1) is 11.1. The van der Waals surface area contributed by atoms with Crippen LogP contribution in [0.5, 0.6) is 0 Å². The van der Waals surface area contributed by atoms with Gasteiger partial charge in [-0.05, 0) is 50.2 Å². The second-order valence-electron chi connectivity index (χ2n) is 3.76. The van der Waals surface area contributed by atoms with Crippen molar-refractivity contribution in [2.75, 3.05) is 5.73 Å². The van der Waals surface area contributed by atoms with Crippen LogP contribution in [-0.2, 0) is 0 Å². The van der Waals surface area contributed by atoms with Crippen molar-refractivity contribution in [1.82, 2.24) is 4.98 Å². The molecule has 0 aliphatic heterocycles. The zero-order chi connectivity index (χ0) is 11.7. The molecule has 0 aliphatic rings. The largest absolute Gasteiger partial charge is 0.436 e. The Bertz CT molecular complexity index is 500. The number of nitrogens with zero attached hydrogens (tertiary/aromatic N) is 1. The average Bonchev–Trinajstić information content (AvgIpc) is 2.52. The molecule has 1 aromatic carbocycles. The van der Waals surface area contributed by atoms with Crippen molar-refractivity contribution in [1.29, 1.82) is 0 Å². The summed E-state index contributed by atoms with van der Waals surface area (Å²) in [5.41, 5.74) is 8.75. The maximum atomic E-state index is 5.89. The van der Waals surface area contributed by atoms with Gasteiger partial charge < -0.3 is 10.2 Å². The lowest BCUT2D eigenvalue weighted by molar-refractivity contribution is 0.431. The van der Waals surface area contributed by atoms with Crippen LogP contribution < -0.4 is 5.73 Å². The van der Waals surface area contributed by atoms with E-state index in [0.29, 0.717) is 5.22 Å². The van der Waals surface area contributed by atoms with Crippen LogP contribution in [0, 0.1) is 20.8 Å². The van der Waals surface area contributed by atoms with Crippen molar-refractivity contribution in [3.63, 3.8) is 0 Å². The normalized spacial score (nSPS) is 10.7. The predicted octanol–water partition coefficient (Wildman–Crippen LogP) is 3.33. The highest BCUT2D eigenvalue weighted by Gasteiger charge is 2.09. The van der Waals surface area contributed by atoms with Gasteiger partial charge in [-0.25, -0.2) is 4.98 Å². The molecule has 0 spiro atoms. The summed E-state index contributed by atoms with van der Waals surface area (Å²) in [5.74, 6) is 0.855. The fourth-order valence-corrected chi connectivity index (χ4v) is 2.28. The van der Waals surface area contributed by atoms with Gasteiger partial charge in [0.1, 0.15) is 5.76 Å². The van der Waals surface area contributed by atoms with Crippen LogP contribution in [0.2, 0.25) is 0 Å². The Labute approximate surface area is 99.1 Å². The minimum absolute atomic E-state index is 0.646. The van der Waals surface area contributed by atoms with Crippen LogP contribution in [0.15, 0.2) is 32.7 Å². The van der Waals surface area contributed by atoms with E-state index in [-0.39, 0.29) is 0 Å². The van der Waals surface area contributed by atoms with E-state index in [2.05, 4.69) is 4.98 Å². The van der Waals surface area contributed by atoms with E-state index >= 15 is 0 Å². The maximum absolute atomic E-state index is 5.89. The number of hydrogen-bond acceptors (Lipinski definition) is 4. The number of aromatic nitrogens is 1. The Kier molecular flexibility index (Phi) is 2.92. The van der Waals surface area contributed by atoms with Crippen LogP contribution in [0.25, 0.3) is 0 Å². The third-order valence-corrected chi connectivity index (χ3v) is 3.30. The monoisotopic (exact) mass is 234 g/mol. The quantitative estimate of drug-likeness (QED) is 0.810. The molecule has 4 heteroatoms. The summed E-state index contributed by atoms with van der Waals surface area (Å²) in [5, 5.41) is 0.646. The molecule has 0 radical (unpaired) electrons. The molecular formula is C12H14N2OS. The van der Waals surface area contributed by atoms with E-state index in [1.165, 1.54) is 17.3 Å². The van der Waals surface area contributed by atoms with Crippen molar-refractivity contribution < 1.29 is 4.42 Å². The molecule has 0 atom stereocenters. The van der Waals surface area contributed by atoms with Crippen LogP contribution in [0.3, 0.4) is 0 Å². The van der Waals surface area contributed by atoms with Crippen LogP contribution >= 0.6 is 11.8 Å². The lowest BCUT2D eigenvalue weighted by atomic mass is 10.2. The van der Waals surface area contributed by atoms with Gasteiger partial charge in [-0.1, -0.05) is 6.07 Å². The Hall–Kier alpha value is -1.42. The van der Waals surface area contributed by atoms with Crippen molar-refractivity contribution >= 4 is 17.4 Å². The number of oxazole rings is 1. The fourth-order valence-electron chi connectivity index (χ4n) is 1.31. The maximum Gasteiger partial charge on any atom is 0.261 e. The molecule has 1 heterocycles. The Morgan fingerprint density at radius 1 is 1.25 bits per heavy atom. The highest BCUT2D eigenvalue weighted by atomic mass is 32.2. The number of rotatable bonds is 2. The molecule has 0 bridgehead atoms. The highest BCUT2D eigenvalue weighted by molar-refractivity contribution is 7.99. The topological polar surface area (TPSA) is 52.0 Å². The summed E-state index contributed by atoms with van der Waals surface area (Å²) >= 11 is 1.46. The van der Waals surface area contributed by atoms with Gasteiger partial charge in [-0.15, -0.1) is 0 Å². The molecule has 0 fully saturated rings. The average molecular weight is 234 g/mol. The third-order valence-electron chi connectivity index (χ3n) is 2.38. The lowest BCUT2D eigenvalue weighted by Crippen LogP contribution is -1.88. The highest BCUT2D eigenvalue weighted by Crippen LogP contribution is 2.32. The summed E-state index contributed by atoms with van der Waals surface area (Å²) in [6, 6.07) is 5.93. The van der Waals surface area contributed by atoms with Crippen molar-refractivity contribution in [3.05, 3.63) is 35.2 Å². The minimum atomic E-state index is 0.646. The van der Waals surface area contributed by atoms with Gasteiger partial charge in [-0.3, -0.25) is 0 Å². The molecule has 0 saturated carbocycles. The van der Waals surface area contributed by atoms with E-state index in [1.807, 2.05) is 39.0 Å². The van der Waals surface area contributed by atoms with Gasteiger partial charge in [0.15, 0.2) is 0 Å². The zero-order valence-corrected chi connectivity index (χ0v) is 10.4. The molecule has 0 unspecified atom stereocenters. The van der Waals surface area contributed by atoms with E-state index in [0.717, 1.165) is 22.0 Å². The molecule has 2 N–H and O–H groups in total. The van der Waals surface area contributed by atoms with Crippen LogP contribution in [0.4, 0.5) is 5.69 Å². The number of nitrogens with two attached hydrogens (primary N) is 1. The zero-order valence-electron chi connectivity index (χ0n) is 9.57. The first-order chi connectivity index (χ1) is 7.56. The van der Waals surface area contributed by atoms with Crippen molar-refractivity contribution in [2.24, 2.45) is 0 Å². The molecular weight excluding hydrogens is 220 g/mol. The first-order valence-corrected chi connectivity index (χ1v) is 5.86. The summed E-state index contributed by atoms with van der Waals surface area (Å²) in [6.45, 7) is 5.88.